The molecule has 0 aromatic heterocycles. The molecule has 0 amide bonds. The van der Waals surface area contributed by atoms with Crippen molar-refractivity contribution in [1.29, 1.82) is 0 Å². The third-order valence-corrected chi connectivity index (χ3v) is 2.57. The Morgan fingerprint density at radius 2 is 2.00 bits per heavy atom. The van der Waals surface area contributed by atoms with E-state index in [1.165, 1.54) is 44.6 Å². The van der Waals surface area contributed by atoms with Gasteiger partial charge in [-0.25, -0.2) is 4.79 Å². The van der Waals surface area contributed by atoms with Crippen LogP contribution < -0.4 is 0 Å². The van der Waals surface area contributed by atoms with Crippen LogP contribution in [0, 0.1) is 11.8 Å². The molecule has 0 aromatic rings. The lowest BCUT2D eigenvalue weighted by Crippen LogP contribution is -1.90. The van der Waals surface area contributed by atoms with E-state index in [0.717, 1.165) is 12.0 Å². The van der Waals surface area contributed by atoms with Gasteiger partial charge in [0.1, 0.15) is 6.61 Å². The SMILES string of the molecule is CCCCCCCCC#CC1=CC(=O)OC1. The highest BCUT2D eigenvalue weighted by molar-refractivity contribution is 5.86. The third-order valence-electron chi connectivity index (χ3n) is 2.57. The minimum atomic E-state index is -0.260. The maximum atomic E-state index is 10.7. The molecule has 0 aliphatic carbocycles. The number of ether oxygens (including phenoxy) is 1. The minimum absolute atomic E-state index is 0.260. The summed E-state index contributed by atoms with van der Waals surface area (Å²) >= 11 is 0. The first-order valence-corrected chi connectivity index (χ1v) is 6.19. The Balaban J connectivity index is 2.01. The van der Waals surface area contributed by atoms with Gasteiger partial charge in [0.15, 0.2) is 0 Å². The number of rotatable bonds is 6. The molecule has 2 heteroatoms. The summed E-state index contributed by atoms with van der Waals surface area (Å²) in [5, 5.41) is 0. The number of unbranched alkanes of at least 4 members (excludes halogenated alkanes) is 6. The van der Waals surface area contributed by atoms with Crippen LogP contribution in [0.2, 0.25) is 0 Å². The molecule has 16 heavy (non-hydrogen) atoms. The van der Waals surface area contributed by atoms with Crippen molar-refractivity contribution in [2.45, 2.75) is 51.9 Å². The minimum Gasteiger partial charge on any atom is -0.457 e. The van der Waals surface area contributed by atoms with Gasteiger partial charge in [-0.3, -0.25) is 0 Å². The Morgan fingerprint density at radius 3 is 2.69 bits per heavy atom. The van der Waals surface area contributed by atoms with E-state index in [1.807, 2.05) is 0 Å². The fourth-order valence-corrected chi connectivity index (χ4v) is 1.62. The first-order chi connectivity index (χ1) is 7.83. The summed E-state index contributed by atoms with van der Waals surface area (Å²) in [6.07, 6.45) is 10.1. The molecule has 1 aliphatic rings. The summed E-state index contributed by atoms with van der Waals surface area (Å²) < 4.78 is 4.75. The van der Waals surface area contributed by atoms with Crippen LogP contribution in [-0.2, 0) is 9.53 Å². The van der Waals surface area contributed by atoms with Crippen molar-refractivity contribution in [2.75, 3.05) is 6.61 Å². The summed E-state index contributed by atoms with van der Waals surface area (Å²) in [6.45, 7) is 2.59. The first kappa shape index (κ1) is 12.8. The van der Waals surface area contributed by atoms with Crippen LogP contribution in [0.15, 0.2) is 11.6 Å². The number of carbonyl (C=O) groups excluding carboxylic acids is 1. The molecule has 0 spiro atoms. The number of hydrogen-bond donors (Lipinski definition) is 0. The van der Waals surface area contributed by atoms with Crippen molar-refractivity contribution in [2.24, 2.45) is 0 Å². The highest BCUT2D eigenvalue weighted by Gasteiger charge is 2.09. The second-order valence-electron chi connectivity index (χ2n) is 4.10. The van der Waals surface area contributed by atoms with Crippen LogP contribution in [-0.4, -0.2) is 12.6 Å². The fraction of sp³-hybridized carbons (Fsp3) is 0.643. The van der Waals surface area contributed by atoms with Crippen molar-refractivity contribution in [3.63, 3.8) is 0 Å². The van der Waals surface area contributed by atoms with E-state index < -0.39 is 0 Å². The second kappa shape index (κ2) is 7.98. The molecule has 0 N–H and O–H groups in total. The largest absolute Gasteiger partial charge is 0.457 e. The van der Waals surface area contributed by atoms with Crippen molar-refractivity contribution < 1.29 is 9.53 Å². The second-order valence-corrected chi connectivity index (χ2v) is 4.10. The normalized spacial score (nSPS) is 14.1. The molecule has 0 saturated heterocycles. The zero-order valence-corrected chi connectivity index (χ0v) is 10.1. The van der Waals surface area contributed by atoms with Gasteiger partial charge in [0.2, 0.25) is 0 Å². The Labute approximate surface area is 98.1 Å². The zero-order valence-electron chi connectivity index (χ0n) is 10.1. The van der Waals surface area contributed by atoms with Gasteiger partial charge in [-0.05, 0) is 6.42 Å². The molecule has 0 unspecified atom stereocenters. The van der Waals surface area contributed by atoms with E-state index in [1.54, 1.807) is 0 Å². The first-order valence-electron chi connectivity index (χ1n) is 6.19. The molecule has 0 bridgehead atoms. The van der Waals surface area contributed by atoms with E-state index in [4.69, 9.17) is 4.74 Å². The standard InChI is InChI=1S/C14H20O2/c1-2-3-4-5-6-7-8-9-10-13-11-14(15)16-12-13/h11H,2-8,12H2,1H3. The molecule has 0 fully saturated rings. The molecule has 1 heterocycles. The Morgan fingerprint density at radius 1 is 1.25 bits per heavy atom. The van der Waals surface area contributed by atoms with Crippen molar-refractivity contribution in [1.82, 2.24) is 0 Å². The number of carbonyl (C=O) groups is 1. The van der Waals surface area contributed by atoms with E-state index in [0.29, 0.717) is 6.61 Å². The smallest absolute Gasteiger partial charge is 0.332 e. The predicted molar refractivity (Wildman–Crippen MR) is 64.8 cm³/mol. The van der Waals surface area contributed by atoms with Gasteiger partial charge in [-0.2, -0.15) is 0 Å². The predicted octanol–water partition coefficient (Wildman–Crippen LogP) is 3.22. The molecule has 0 atom stereocenters. The highest BCUT2D eigenvalue weighted by atomic mass is 16.5. The topological polar surface area (TPSA) is 26.3 Å². The summed E-state index contributed by atoms with van der Waals surface area (Å²) in [5.74, 6) is 5.81. The van der Waals surface area contributed by atoms with Crippen LogP contribution >= 0.6 is 0 Å². The van der Waals surface area contributed by atoms with Gasteiger partial charge in [-0.15, -0.1) is 0 Å². The van der Waals surface area contributed by atoms with Crippen LogP contribution in [0.3, 0.4) is 0 Å². The molecule has 0 aromatic carbocycles. The van der Waals surface area contributed by atoms with E-state index in [2.05, 4.69) is 18.8 Å². The van der Waals surface area contributed by atoms with Crippen LogP contribution in [0.25, 0.3) is 0 Å². The average Bonchev–Trinajstić information content (AvgIpc) is 2.68. The van der Waals surface area contributed by atoms with E-state index >= 15 is 0 Å². The van der Waals surface area contributed by atoms with Gasteiger partial charge >= 0.3 is 5.97 Å². The Kier molecular flexibility index (Phi) is 6.41. The van der Waals surface area contributed by atoms with Gasteiger partial charge in [0.05, 0.1) is 0 Å². The van der Waals surface area contributed by atoms with Crippen molar-refractivity contribution in [3.05, 3.63) is 11.6 Å². The van der Waals surface area contributed by atoms with Gasteiger partial charge in [0.25, 0.3) is 0 Å². The average molecular weight is 220 g/mol. The van der Waals surface area contributed by atoms with Crippen LogP contribution in [0.5, 0.6) is 0 Å². The molecule has 88 valence electrons. The zero-order chi connectivity index (χ0) is 11.6. The summed E-state index contributed by atoms with van der Waals surface area (Å²) in [5.41, 5.74) is 0.816. The van der Waals surface area contributed by atoms with Gasteiger partial charge in [0, 0.05) is 18.1 Å². The summed E-state index contributed by atoms with van der Waals surface area (Å²) in [7, 11) is 0. The monoisotopic (exact) mass is 220 g/mol. The van der Waals surface area contributed by atoms with Crippen molar-refractivity contribution in [3.8, 4) is 11.8 Å². The molecule has 0 radical (unpaired) electrons. The van der Waals surface area contributed by atoms with Gasteiger partial charge in [-0.1, -0.05) is 50.9 Å². The highest BCUT2D eigenvalue weighted by Crippen LogP contribution is 2.07. The lowest BCUT2D eigenvalue weighted by molar-refractivity contribution is -0.134. The van der Waals surface area contributed by atoms with Crippen LogP contribution in [0.4, 0.5) is 0 Å². The Bertz CT molecular complexity index is 304. The van der Waals surface area contributed by atoms with Gasteiger partial charge < -0.3 is 4.74 Å². The molecule has 1 rings (SSSR count). The molecular formula is C14H20O2. The number of hydrogen-bond acceptors (Lipinski definition) is 2. The lowest BCUT2D eigenvalue weighted by Gasteiger charge is -1.96. The number of esters is 1. The molecular weight excluding hydrogens is 200 g/mol. The Hall–Kier alpha value is -1.23. The maximum absolute atomic E-state index is 10.7. The summed E-state index contributed by atoms with van der Waals surface area (Å²) in [4.78, 5) is 10.7. The van der Waals surface area contributed by atoms with Crippen LogP contribution in [0.1, 0.15) is 51.9 Å². The van der Waals surface area contributed by atoms with Crippen molar-refractivity contribution >= 4 is 5.97 Å². The quantitative estimate of drug-likeness (QED) is 0.390. The summed E-state index contributed by atoms with van der Waals surface area (Å²) in [6, 6.07) is 0. The molecule has 2 nitrogen and oxygen atoms in total. The molecule has 0 saturated carbocycles. The van der Waals surface area contributed by atoms with E-state index in [9.17, 15) is 4.79 Å². The third kappa shape index (κ3) is 5.60. The fourth-order valence-electron chi connectivity index (χ4n) is 1.62. The molecule has 1 aliphatic heterocycles. The lowest BCUT2D eigenvalue weighted by atomic mass is 10.1. The maximum Gasteiger partial charge on any atom is 0.332 e. The number of cyclic esters (lactones) is 1. The van der Waals surface area contributed by atoms with E-state index in [-0.39, 0.29) is 5.97 Å².